The van der Waals surface area contributed by atoms with Gasteiger partial charge in [-0.05, 0) is 12.1 Å². The summed E-state index contributed by atoms with van der Waals surface area (Å²) in [4.78, 5) is 17.3. The number of ether oxygens (including phenoxy) is 1. The topological polar surface area (TPSA) is 79.1 Å². The van der Waals surface area contributed by atoms with Gasteiger partial charge in [0, 0.05) is 40.7 Å². The maximum Gasteiger partial charge on any atom is 0.243 e. The molecule has 0 aromatic carbocycles. The SMILES string of the molecule is COCCNC(=NCC(=O)N(C)C)NCCc1ccco1. The van der Waals surface area contributed by atoms with Crippen molar-refractivity contribution < 1.29 is 13.9 Å². The predicted molar refractivity (Wildman–Crippen MR) is 81.3 cm³/mol. The molecule has 1 amide bonds. The van der Waals surface area contributed by atoms with Crippen molar-refractivity contribution in [2.75, 3.05) is 47.4 Å². The zero-order valence-electron chi connectivity index (χ0n) is 12.9. The van der Waals surface area contributed by atoms with E-state index in [1.165, 1.54) is 4.90 Å². The van der Waals surface area contributed by atoms with Crippen molar-refractivity contribution in [3.05, 3.63) is 24.2 Å². The molecule has 1 rings (SSSR count). The summed E-state index contributed by atoms with van der Waals surface area (Å²) >= 11 is 0. The molecule has 0 aliphatic rings. The molecule has 7 nitrogen and oxygen atoms in total. The van der Waals surface area contributed by atoms with Crippen LogP contribution in [-0.4, -0.2) is 64.2 Å². The zero-order valence-corrected chi connectivity index (χ0v) is 12.9. The van der Waals surface area contributed by atoms with E-state index >= 15 is 0 Å². The van der Waals surface area contributed by atoms with Crippen LogP contribution in [0.2, 0.25) is 0 Å². The van der Waals surface area contributed by atoms with Gasteiger partial charge in [-0.15, -0.1) is 0 Å². The van der Waals surface area contributed by atoms with E-state index in [1.54, 1.807) is 27.5 Å². The number of furan rings is 1. The number of nitrogens with zero attached hydrogens (tertiary/aromatic N) is 2. The first-order valence-corrected chi connectivity index (χ1v) is 6.87. The Kier molecular flexibility index (Phi) is 7.96. The molecule has 0 aliphatic heterocycles. The van der Waals surface area contributed by atoms with Crippen LogP contribution in [0.3, 0.4) is 0 Å². The summed E-state index contributed by atoms with van der Waals surface area (Å²) in [6.45, 7) is 1.97. The lowest BCUT2D eigenvalue weighted by molar-refractivity contribution is -0.127. The fourth-order valence-electron chi connectivity index (χ4n) is 1.49. The number of hydrogen-bond donors (Lipinski definition) is 2. The van der Waals surface area contributed by atoms with Crippen molar-refractivity contribution in [1.82, 2.24) is 15.5 Å². The van der Waals surface area contributed by atoms with E-state index in [0.717, 1.165) is 12.2 Å². The summed E-state index contributed by atoms with van der Waals surface area (Å²) in [6, 6.07) is 3.78. The van der Waals surface area contributed by atoms with E-state index in [2.05, 4.69) is 15.6 Å². The van der Waals surface area contributed by atoms with Crippen LogP contribution in [0.5, 0.6) is 0 Å². The van der Waals surface area contributed by atoms with Gasteiger partial charge < -0.3 is 24.7 Å². The highest BCUT2D eigenvalue weighted by molar-refractivity contribution is 5.84. The minimum atomic E-state index is -0.0473. The Balaban J connectivity index is 2.42. The Hall–Kier alpha value is -2.02. The molecule has 0 unspecified atom stereocenters. The summed E-state index contributed by atoms with van der Waals surface area (Å²) < 4.78 is 10.2. The highest BCUT2D eigenvalue weighted by Gasteiger charge is 2.04. The summed E-state index contributed by atoms with van der Waals surface area (Å²) in [5.74, 6) is 1.45. The van der Waals surface area contributed by atoms with Crippen molar-refractivity contribution in [3.63, 3.8) is 0 Å². The first kappa shape index (κ1) is 17.0. The third-order valence-corrected chi connectivity index (χ3v) is 2.71. The van der Waals surface area contributed by atoms with E-state index in [4.69, 9.17) is 9.15 Å². The van der Waals surface area contributed by atoms with Crippen molar-refractivity contribution >= 4 is 11.9 Å². The lowest BCUT2D eigenvalue weighted by Crippen LogP contribution is -2.40. The molecule has 1 aromatic rings. The van der Waals surface area contributed by atoms with Crippen LogP contribution in [0.4, 0.5) is 0 Å². The van der Waals surface area contributed by atoms with Crippen molar-refractivity contribution in [2.24, 2.45) is 4.99 Å². The molecule has 0 bridgehead atoms. The largest absolute Gasteiger partial charge is 0.469 e. The number of nitrogens with one attached hydrogen (secondary N) is 2. The van der Waals surface area contributed by atoms with E-state index in [9.17, 15) is 4.79 Å². The number of amides is 1. The number of rotatable bonds is 8. The smallest absolute Gasteiger partial charge is 0.243 e. The standard InChI is InChI=1S/C14H24N4O3/c1-18(2)13(19)11-17-14(16-8-10-20-3)15-7-6-12-5-4-9-21-12/h4-5,9H,6-8,10-11H2,1-3H3,(H2,15,16,17). The molecule has 0 saturated heterocycles. The monoisotopic (exact) mass is 296 g/mol. The van der Waals surface area contributed by atoms with Gasteiger partial charge in [0.05, 0.1) is 12.9 Å². The van der Waals surface area contributed by atoms with Crippen molar-refractivity contribution in [1.29, 1.82) is 0 Å². The number of carbonyl (C=O) groups is 1. The Bertz CT molecular complexity index is 429. The zero-order chi connectivity index (χ0) is 15.5. The van der Waals surface area contributed by atoms with Crippen molar-refractivity contribution in [2.45, 2.75) is 6.42 Å². The van der Waals surface area contributed by atoms with Crippen LogP contribution in [0.1, 0.15) is 5.76 Å². The molecule has 0 radical (unpaired) electrons. The lowest BCUT2D eigenvalue weighted by atomic mass is 10.3. The average molecular weight is 296 g/mol. The van der Waals surface area contributed by atoms with Gasteiger partial charge in [0.15, 0.2) is 5.96 Å². The van der Waals surface area contributed by atoms with E-state index in [-0.39, 0.29) is 12.5 Å². The molecule has 0 fully saturated rings. The molecule has 0 spiro atoms. The Labute approximate surface area is 125 Å². The van der Waals surface area contributed by atoms with Gasteiger partial charge in [-0.3, -0.25) is 4.79 Å². The maximum atomic E-state index is 11.6. The molecule has 2 N–H and O–H groups in total. The molecule has 21 heavy (non-hydrogen) atoms. The highest BCUT2D eigenvalue weighted by atomic mass is 16.5. The normalized spacial score (nSPS) is 11.3. The van der Waals surface area contributed by atoms with Gasteiger partial charge in [0.25, 0.3) is 0 Å². The van der Waals surface area contributed by atoms with Gasteiger partial charge in [0.1, 0.15) is 12.3 Å². The minimum absolute atomic E-state index is 0.0473. The van der Waals surface area contributed by atoms with Crippen LogP contribution in [-0.2, 0) is 16.0 Å². The highest BCUT2D eigenvalue weighted by Crippen LogP contribution is 1.99. The molecule has 1 heterocycles. The van der Waals surface area contributed by atoms with E-state index in [1.807, 2.05) is 12.1 Å². The number of methoxy groups -OCH3 is 1. The number of likely N-dealkylation sites (N-methyl/N-ethyl adjacent to an activating group) is 1. The third kappa shape index (κ3) is 7.36. The molecular formula is C14H24N4O3. The second kappa shape index (κ2) is 9.82. The molecular weight excluding hydrogens is 272 g/mol. The summed E-state index contributed by atoms with van der Waals surface area (Å²) in [5, 5.41) is 6.27. The van der Waals surface area contributed by atoms with Crippen LogP contribution in [0.25, 0.3) is 0 Å². The van der Waals surface area contributed by atoms with Crippen LogP contribution >= 0.6 is 0 Å². The Morgan fingerprint density at radius 1 is 1.38 bits per heavy atom. The van der Waals surface area contributed by atoms with E-state index in [0.29, 0.717) is 25.7 Å². The van der Waals surface area contributed by atoms with Crippen LogP contribution in [0.15, 0.2) is 27.8 Å². The number of aliphatic imine (C=N–C) groups is 1. The van der Waals surface area contributed by atoms with Gasteiger partial charge in [-0.2, -0.15) is 0 Å². The molecule has 1 aromatic heterocycles. The van der Waals surface area contributed by atoms with Gasteiger partial charge in [0.2, 0.25) is 5.91 Å². The second-order valence-corrected chi connectivity index (χ2v) is 4.63. The van der Waals surface area contributed by atoms with Gasteiger partial charge >= 0.3 is 0 Å². The quantitative estimate of drug-likeness (QED) is 0.404. The van der Waals surface area contributed by atoms with Crippen LogP contribution < -0.4 is 10.6 Å². The molecule has 118 valence electrons. The fourth-order valence-corrected chi connectivity index (χ4v) is 1.49. The van der Waals surface area contributed by atoms with Gasteiger partial charge in [-0.25, -0.2) is 4.99 Å². The summed E-state index contributed by atoms with van der Waals surface area (Å²) in [7, 11) is 5.05. The minimum Gasteiger partial charge on any atom is -0.469 e. The molecule has 0 saturated carbocycles. The third-order valence-electron chi connectivity index (χ3n) is 2.71. The lowest BCUT2D eigenvalue weighted by Gasteiger charge is -2.13. The number of guanidine groups is 1. The van der Waals surface area contributed by atoms with Crippen molar-refractivity contribution in [3.8, 4) is 0 Å². The van der Waals surface area contributed by atoms with E-state index < -0.39 is 0 Å². The maximum absolute atomic E-state index is 11.6. The second-order valence-electron chi connectivity index (χ2n) is 4.63. The van der Waals surface area contributed by atoms with Gasteiger partial charge in [-0.1, -0.05) is 0 Å². The summed E-state index contributed by atoms with van der Waals surface area (Å²) in [5.41, 5.74) is 0. The molecule has 7 heteroatoms. The number of hydrogen-bond acceptors (Lipinski definition) is 4. The fraction of sp³-hybridized carbons (Fsp3) is 0.571. The number of carbonyl (C=O) groups excluding carboxylic acids is 1. The molecule has 0 aliphatic carbocycles. The first-order valence-electron chi connectivity index (χ1n) is 6.87. The summed E-state index contributed by atoms with van der Waals surface area (Å²) in [6.07, 6.45) is 2.40. The average Bonchev–Trinajstić information content (AvgIpc) is 2.97. The molecule has 0 atom stereocenters. The Morgan fingerprint density at radius 2 is 2.14 bits per heavy atom. The van der Waals surface area contributed by atoms with Crippen LogP contribution in [0, 0.1) is 0 Å². The first-order chi connectivity index (χ1) is 10.1. The Morgan fingerprint density at radius 3 is 2.76 bits per heavy atom. The predicted octanol–water partition coefficient (Wildman–Crippen LogP) is 0.0919.